The fourth-order valence-electron chi connectivity index (χ4n) is 3.77. The Bertz CT molecular complexity index is 1280. The molecule has 0 atom stereocenters. The molecule has 1 N–H and O–H groups in total. The summed E-state index contributed by atoms with van der Waals surface area (Å²) in [5, 5.41) is 4.19. The van der Waals surface area contributed by atoms with Gasteiger partial charge in [0, 0.05) is 18.5 Å². The number of pyridine rings is 1. The van der Waals surface area contributed by atoms with E-state index in [1.54, 1.807) is 6.20 Å². The minimum Gasteiger partial charge on any atom is -0.475 e. The summed E-state index contributed by atoms with van der Waals surface area (Å²) in [6.45, 7) is 8.05. The summed E-state index contributed by atoms with van der Waals surface area (Å²) in [5.74, 6) is -0.0180. The Hall–Kier alpha value is -3.20. The van der Waals surface area contributed by atoms with E-state index in [9.17, 15) is 13.2 Å². The lowest BCUT2D eigenvalue weighted by molar-refractivity contribution is -0.118. The van der Waals surface area contributed by atoms with E-state index >= 15 is 0 Å². The summed E-state index contributed by atoms with van der Waals surface area (Å²) in [6, 6.07) is 9.51. The predicted molar refractivity (Wildman–Crippen MR) is 120 cm³/mol. The summed E-state index contributed by atoms with van der Waals surface area (Å²) in [4.78, 5) is 17.1. The van der Waals surface area contributed by atoms with Crippen molar-refractivity contribution in [2.45, 2.75) is 50.5 Å². The molecule has 1 aliphatic heterocycles. The molecule has 0 unspecified atom stereocenters. The number of nitrogens with one attached hydrogen (secondary N) is 1. The maximum atomic E-state index is 12.9. The summed E-state index contributed by atoms with van der Waals surface area (Å²) in [5.41, 5.74) is 2.79. The van der Waals surface area contributed by atoms with Gasteiger partial charge in [-0.3, -0.25) is 9.48 Å². The number of amides is 1. The number of hydrogen-bond acceptors (Lipinski definition) is 6. The van der Waals surface area contributed by atoms with Gasteiger partial charge in [0.1, 0.15) is 11.5 Å². The van der Waals surface area contributed by atoms with Crippen molar-refractivity contribution in [2.75, 3.05) is 6.61 Å². The Balaban J connectivity index is 1.89. The molecule has 1 amide bonds. The summed E-state index contributed by atoms with van der Waals surface area (Å²) < 4.78 is 35.4. The van der Waals surface area contributed by atoms with Crippen LogP contribution in [0.1, 0.15) is 44.7 Å². The number of rotatable bonds is 1. The molecule has 0 fully saturated rings. The molecule has 3 heterocycles. The first-order valence-corrected chi connectivity index (χ1v) is 11.9. The third kappa shape index (κ3) is 4.25. The van der Waals surface area contributed by atoms with Crippen molar-refractivity contribution < 1.29 is 17.9 Å². The molecular weight excluding hydrogens is 428 g/mol. The van der Waals surface area contributed by atoms with Crippen molar-refractivity contribution in [1.82, 2.24) is 19.5 Å². The van der Waals surface area contributed by atoms with Crippen LogP contribution in [0.15, 0.2) is 53.8 Å². The number of aromatic nitrogens is 3. The van der Waals surface area contributed by atoms with Gasteiger partial charge < -0.3 is 4.74 Å². The number of hydrogen-bond donors (Lipinski definition) is 1. The molecule has 0 spiro atoms. The van der Waals surface area contributed by atoms with E-state index in [4.69, 9.17) is 4.74 Å². The molecule has 8 nitrogen and oxygen atoms in total. The minimum absolute atomic E-state index is 0.0788. The molecular formula is C23H26N4O4S. The average molecular weight is 455 g/mol. The fraction of sp³-hybridized carbons (Fsp3) is 0.348. The molecule has 0 saturated heterocycles. The van der Waals surface area contributed by atoms with Crippen LogP contribution in [0, 0.1) is 0 Å². The molecule has 0 aliphatic carbocycles. The van der Waals surface area contributed by atoms with Crippen LogP contribution in [0.5, 0.6) is 5.88 Å². The van der Waals surface area contributed by atoms with Gasteiger partial charge in [-0.15, -0.1) is 0 Å². The number of fused-ring (bicyclic) bond motifs is 6. The van der Waals surface area contributed by atoms with Gasteiger partial charge >= 0.3 is 0 Å². The molecule has 9 heteroatoms. The monoisotopic (exact) mass is 454 g/mol. The highest BCUT2D eigenvalue weighted by Gasteiger charge is 2.28. The Morgan fingerprint density at radius 3 is 2.75 bits per heavy atom. The minimum atomic E-state index is -4.06. The van der Waals surface area contributed by atoms with E-state index in [2.05, 4.69) is 14.8 Å². The molecule has 4 bridgehead atoms. The predicted octanol–water partition coefficient (Wildman–Crippen LogP) is 3.24. The quantitative estimate of drug-likeness (QED) is 0.605. The van der Waals surface area contributed by atoms with Gasteiger partial charge in [0.25, 0.3) is 10.0 Å². The highest BCUT2D eigenvalue weighted by atomic mass is 32.2. The van der Waals surface area contributed by atoms with Crippen LogP contribution in [-0.4, -0.2) is 35.7 Å². The van der Waals surface area contributed by atoms with Gasteiger partial charge in [-0.05, 0) is 48.1 Å². The largest absolute Gasteiger partial charge is 0.475 e. The van der Waals surface area contributed by atoms with Crippen molar-refractivity contribution >= 4 is 15.9 Å². The number of benzene rings is 1. The lowest BCUT2D eigenvalue weighted by Gasteiger charge is -2.25. The summed E-state index contributed by atoms with van der Waals surface area (Å²) in [6.07, 6.45) is 4.21. The Morgan fingerprint density at radius 1 is 1.22 bits per heavy atom. The standard InChI is InChI=1S/C23H26N4O4S/c1-15(2)18-6-5-7-19-16-8-9-24-22(10-16)31-14-23(3,4)27-13-17(12-25-27)32(29,30)26-21(28)11-20(18)19/h5-10,12-13,15H,11,14H2,1-4H3,(H,26,28). The first kappa shape index (κ1) is 22.0. The smallest absolute Gasteiger partial charge is 0.267 e. The maximum Gasteiger partial charge on any atom is 0.267 e. The summed E-state index contributed by atoms with van der Waals surface area (Å²) in [7, 11) is -4.06. The van der Waals surface area contributed by atoms with Crippen LogP contribution < -0.4 is 9.46 Å². The normalized spacial score (nSPS) is 17.5. The van der Waals surface area contributed by atoms with Gasteiger partial charge in [0.2, 0.25) is 11.8 Å². The molecule has 3 aromatic rings. The number of nitrogens with zero attached hydrogens (tertiary/aromatic N) is 3. The second-order valence-corrected chi connectivity index (χ2v) is 10.5. The zero-order chi connectivity index (χ0) is 23.1. The number of carbonyl (C=O) groups excluding carboxylic acids is 1. The maximum absolute atomic E-state index is 12.9. The Kier molecular flexibility index (Phi) is 5.54. The van der Waals surface area contributed by atoms with Crippen LogP contribution in [0.25, 0.3) is 11.1 Å². The van der Waals surface area contributed by atoms with E-state index < -0.39 is 21.5 Å². The van der Waals surface area contributed by atoms with Gasteiger partial charge in [-0.2, -0.15) is 5.10 Å². The highest BCUT2D eigenvalue weighted by Crippen LogP contribution is 2.32. The highest BCUT2D eigenvalue weighted by molar-refractivity contribution is 7.90. The lowest BCUT2D eigenvalue weighted by Crippen LogP contribution is -2.34. The molecule has 0 radical (unpaired) electrons. The molecule has 32 heavy (non-hydrogen) atoms. The van der Waals surface area contributed by atoms with Crippen molar-refractivity contribution in [2.24, 2.45) is 0 Å². The van der Waals surface area contributed by atoms with Gasteiger partial charge in [-0.1, -0.05) is 32.0 Å². The fourth-order valence-corrected chi connectivity index (χ4v) is 4.68. The first-order valence-electron chi connectivity index (χ1n) is 10.4. The van der Waals surface area contributed by atoms with Crippen LogP contribution in [0.4, 0.5) is 0 Å². The molecule has 4 rings (SSSR count). The van der Waals surface area contributed by atoms with Crippen molar-refractivity contribution in [1.29, 1.82) is 0 Å². The van der Waals surface area contributed by atoms with E-state index in [1.807, 2.05) is 58.0 Å². The zero-order valence-electron chi connectivity index (χ0n) is 18.5. The molecule has 1 aliphatic rings. The van der Waals surface area contributed by atoms with Crippen molar-refractivity contribution in [3.63, 3.8) is 0 Å². The van der Waals surface area contributed by atoms with Crippen LogP contribution in [0.2, 0.25) is 0 Å². The lowest BCUT2D eigenvalue weighted by atomic mass is 9.88. The second-order valence-electron chi connectivity index (χ2n) is 8.84. The van der Waals surface area contributed by atoms with Crippen LogP contribution >= 0.6 is 0 Å². The number of ether oxygens (including phenoxy) is 1. The second kappa shape index (κ2) is 8.05. The molecule has 2 aromatic heterocycles. The number of sulfonamides is 1. The van der Waals surface area contributed by atoms with E-state index in [0.29, 0.717) is 5.88 Å². The third-order valence-corrected chi connectivity index (χ3v) is 6.86. The van der Waals surface area contributed by atoms with Gasteiger partial charge in [0.05, 0.1) is 18.2 Å². The van der Waals surface area contributed by atoms with E-state index in [0.717, 1.165) is 22.3 Å². The van der Waals surface area contributed by atoms with E-state index in [1.165, 1.54) is 17.1 Å². The zero-order valence-corrected chi connectivity index (χ0v) is 19.3. The molecule has 0 saturated carbocycles. The molecule has 168 valence electrons. The van der Waals surface area contributed by atoms with Crippen molar-refractivity contribution in [3.05, 3.63) is 60.0 Å². The SMILES string of the molecule is CC(C)c1cccc2c1CC(=O)NS(=O)(=O)c1cnn(c1)C(C)(C)COc1cc-2ccn1. The Morgan fingerprint density at radius 2 is 2.00 bits per heavy atom. The summed E-state index contributed by atoms with van der Waals surface area (Å²) >= 11 is 0. The topological polar surface area (TPSA) is 103 Å². The van der Waals surface area contributed by atoms with E-state index in [-0.39, 0.29) is 23.8 Å². The number of carbonyl (C=O) groups is 1. The van der Waals surface area contributed by atoms with Crippen molar-refractivity contribution in [3.8, 4) is 17.0 Å². The van der Waals surface area contributed by atoms with Gasteiger partial charge in [0.15, 0.2) is 0 Å². The Labute approximate surface area is 187 Å². The van der Waals surface area contributed by atoms with Crippen LogP contribution in [0.3, 0.4) is 0 Å². The van der Waals surface area contributed by atoms with Gasteiger partial charge in [-0.25, -0.2) is 18.1 Å². The molecule has 1 aromatic carbocycles. The third-order valence-electron chi connectivity index (χ3n) is 5.53. The average Bonchev–Trinajstić information content (AvgIpc) is 3.24. The van der Waals surface area contributed by atoms with Crippen LogP contribution in [-0.2, 0) is 26.8 Å². The first-order chi connectivity index (χ1) is 15.1.